The highest BCUT2D eigenvalue weighted by Crippen LogP contribution is 2.34. The fourth-order valence-electron chi connectivity index (χ4n) is 3.30. The van der Waals surface area contributed by atoms with Gasteiger partial charge in [-0.25, -0.2) is 0 Å². The zero-order chi connectivity index (χ0) is 14.4. The Bertz CT molecular complexity index is 266. The van der Waals surface area contributed by atoms with E-state index < -0.39 is 0 Å². The van der Waals surface area contributed by atoms with E-state index in [1.54, 1.807) is 0 Å². The van der Waals surface area contributed by atoms with Crippen molar-refractivity contribution in [2.75, 3.05) is 32.8 Å². The summed E-state index contributed by atoms with van der Waals surface area (Å²) in [6.45, 7) is 12.4. The van der Waals surface area contributed by atoms with Crippen LogP contribution in [0.5, 0.6) is 0 Å². The topological polar surface area (TPSA) is 24.5 Å². The summed E-state index contributed by atoms with van der Waals surface area (Å²) in [5.74, 6) is 1.70. The van der Waals surface area contributed by atoms with Gasteiger partial charge in [-0.15, -0.1) is 0 Å². The van der Waals surface area contributed by atoms with Gasteiger partial charge in [0.25, 0.3) is 0 Å². The molecule has 1 N–H and O–H groups in total. The van der Waals surface area contributed by atoms with E-state index in [-0.39, 0.29) is 0 Å². The van der Waals surface area contributed by atoms with Gasteiger partial charge in [-0.1, -0.05) is 27.2 Å². The highest BCUT2D eigenvalue weighted by Gasteiger charge is 2.37. The summed E-state index contributed by atoms with van der Waals surface area (Å²) in [6.07, 6.45) is 6.50. The molecule has 2 unspecified atom stereocenters. The van der Waals surface area contributed by atoms with E-state index in [0.29, 0.717) is 6.04 Å². The van der Waals surface area contributed by atoms with Crippen LogP contribution in [-0.4, -0.2) is 49.8 Å². The Labute approximate surface area is 125 Å². The molecule has 3 heteroatoms. The van der Waals surface area contributed by atoms with Crippen LogP contribution in [0, 0.1) is 11.8 Å². The Morgan fingerprint density at radius 1 is 1.20 bits per heavy atom. The van der Waals surface area contributed by atoms with Crippen LogP contribution in [0.3, 0.4) is 0 Å². The Morgan fingerprint density at radius 3 is 2.60 bits per heavy atom. The maximum atomic E-state index is 5.71. The fraction of sp³-hybridized carbons (Fsp3) is 1.00. The van der Waals surface area contributed by atoms with Crippen molar-refractivity contribution in [3.63, 3.8) is 0 Å². The van der Waals surface area contributed by atoms with Crippen molar-refractivity contribution < 1.29 is 4.74 Å². The first-order valence-electron chi connectivity index (χ1n) is 8.77. The first-order chi connectivity index (χ1) is 9.72. The lowest BCUT2D eigenvalue weighted by molar-refractivity contribution is 0.0706. The second kappa shape index (κ2) is 8.35. The van der Waals surface area contributed by atoms with Gasteiger partial charge in [0.2, 0.25) is 0 Å². The molecule has 0 radical (unpaired) electrons. The molecule has 0 spiro atoms. The van der Waals surface area contributed by atoms with Crippen LogP contribution < -0.4 is 5.32 Å². The van der Waals surface area contributed by atoms with Gasteiger partial charge in [0, 0.05) is 44.9 Å². The van der Waals surface area contributed by atoms with E-state index >= 15 is 0 Å². The Morgan fingerprint density at radius 2 is 1.95 bits per heavy atom. The monoisotopic (exact) mass is 282 g/mol. The van der Waals surface area contributed by atoms with Gasteiger partial charge in [-0.05, 0) is 37.5 Å². The average molecular weight is 282 g/mol. The summed E-state index contributed by atoms with van der Waals surface area (Å²) in [7, 11) is 0. The summed E-state index contributed by atoms with van der Waals surface area (Å²) >= 11 is 0. The molecule has 0 aromatic heterocycles. The lowest BCUT2D eigenvalue weighted by Gasteiger charge is -2.42. The van der Waals surface area contributed by atoms with Crippen molar-refractivity contribution >= 4 is 0 Å². The standard InChI is InChI=1S/C17H34N2O/c1-4-5-10-20-11-6-9-19-13-16(15-7-8-15)18-12-17(19)14(2)3/h14-18H,4-13H2,1-3H3. The summed E-state index contributed by atoms with van der Waals surface area (Å²) in [5.41, 5.74) is 0. The molecule has 20 heavy (non-hydrogen) atoms. The molecule has 1 saturated heterocycles. The number of hydrogen-bond donors (Lipinski definition) is 1. The van der Waals surface area contributed by atoms with Crippen LogP contribution in [0.25, 0.3) is 0 Å². The van der Waals surface area contributed by atoms with Crippen LogP contribution in [0.1, 0.15) is 52.9 Å². The van der Waals surface area contributed by atoms with Crippen LogP contribution in [0.2, 0.25) is 0 Å². The largest absolute Gasteiger partial charge is 0.381 e. The van der Waals surface area contributed by atoms with Crippen LogP contribution in [-0.2, 0) is 4.74 Å². The lowest BCUT2D eigenvalue weighted by Crippen LogP contribution is -2.59. The minimum atomic E-state index is 0.709. The lowest BCUT2D eigenvalue weighted by atomic mass is 9.97. The van der Waals surface area contributed by atoms with E-state index in [4.69, 9.17) is 4.74 Å². The molecular weight excluding hydrogens is 248 g/mol. The molecule has 0 aromatic carbocycles. The molecular formula is C17H34N2O. The number of unbranched alkanes of at least 4 members (excludes halogenated alkanes) is 1. The third-order valence-corrected chi connectivity index (χ3v) is 4.83. The molecule has 2 atom stereocenters. The predicted octanol–water partition coefficient (Wildman–Crippen LogP) is 2.90. The normalized spacial score (nSPS) is 28.2. The number of ether oxygens (including phenoxy) is 1. The van der Waals surface area contributed by atoms with E-state index in [2.05, 4.69) is 31.0 Å². The van der Waals surface area contributed by atoms with Gasteiger partial charge in [-0.2, -0.15) is 0 Å². The number of piperazine rings is 1. The molecule has 1 saturated carbocycles. The van der Waals surface area contributed by atoms with E-state index in [9.17, 15) is 0 Å². The molecule has 2 rings (SSSR count). The minimum absolute atomic E-state index is 0.709. The molecule has 1 heterocycles. The Hall–Kier alpha value is -0.120. The first-order valence-corrected chi connectivity index (χ1v) is 8.77. The Balaban J connectivity index is 1.69. The molecule has 3 nitrogen and oxygen atoms in total. The van der Waals surface area contributed by atoms with Gasteiger partial charge < -0.3 is 10.1 Å². The fourth-order valence-corrected chi connectivity index (χ4v) is 3.30. The van der Waals surface area contributed by atoms with Crippen molar-refractivity contribution in [3.05, 3.63) is 0 Å². The second-order valence-electron chi connectivity index (χ2n) is 6.98. The number of hydrogen-bond acceptors (Lipinski definition) is 3. The summed E-state index contributed by atoms with van der Waals surface area (Å²) in [6, 6.07) is 1.46. The maximum Gasteiger partial charge on any atom is 0.0478 e. The molecule has 0 amide bonds. The van der Waals surface area contributed by atoms with E-state index in [0.717, 1.165) is 31.1 Å². The quantitative estimate of drug-likeness (QED) is 0.658. The van der Waals surface area contributed by atoms with Crippen LogP contribution in [0.15, 0.2) is 0 Å². The summed E-state index contributed by atoms with van der Waals surface area (Å²) in [4.78, 5) is 2.73. The smallest absolute Gasteiger partial charge is 0.0478 e. The van der Waals surface area contributed by atoms with Crippen molar-refractivity contribution in [2.24, 2.45) is 11.8 Å². The third kappa shape index (κ3) is 5.01. The second-order valence-corrected chi connectivity index (χ2v) is 6.98. The van der Waals surface area contributed by atoms with Gasteiger partial charge in [0.1, 0.15) is 0 Å². The zero-order valence-electron chi connectivity index (χ0n) is 13.7. The van der Waals surface area contributed by atoms with E-state index in [1.807, 2.05) is 0 Å². The van der Waals surface area contributed by atoms with Crippen molar-refractivity contribution in [2.45, 2.75) is 65.0 Å². The molecule has 1 aliphatic heterocycles. The summed E-state index contributed by atoms with van der Waals surface area (Å²) < 4.78 is 5.71. The van der Waals surface area contributed by atoms with Crippen molar-refractivity contribution in [3.8, 4) is 0 Å². The van der Waals surface area contributed by atoms with Crippen molar-refractivity contribution in [1.29, 1.82) is 0 Å². The molecule has 2 aliphatic rings. The van der Waals surface area contributed by atoms with Crippen LogP contribution in [0.4, 0.5) is 0 Å². The van der Waals surface area contributed by atoms with Crippen LogP contribution >= 0.6 is 0 Å². The molecule has 118 valence electrons. The first kappa shape index (κ1) is 16.3. The molecule has 0 aromatic rings. The summed E-state index contributed by atoms with van der Waals surface area (Å²) in [5, 5.41) is 3.79. The molecule has 2 fully saturated rings. The minimum Gasteiger partial charge on any atom is -0.381 e. The number of nitrogens with zero attached hydrogens (tertiary/aromatic N) is 1. The average Bonchev–Trinajstić information content (AvgIpc) is 3.27. The highest BCUT2D eigenvalue weighted by molar-refractivity contribution is 4.95. The maximum absolute atomic E-state index is 5.71. The number of nitrogens with one attached hydrogen (secondary N) is 1. The zero-order valence-corrected chi connectivity index (χ0v) is 13.7. The SMILES string of the molecule is CCCCOCCCN1CC(C2CC2)NCC1C(C)C. The molecule has 0 bridgehead atoms. The molecule has 1 aliphatic carbocycles. The van der Waals surface area contributed by atoms with Gasteiger partial charge >= 0.3 is 0 Å². The number of rotatable bonds is 9. The van der Waals surface area contributed by atoms with Gasteiger partial charge in [0.05, 0.1) is 0 Å². The Kier molecular flexibility index (Phi) is 6.79. The van der Waals surface area contributed by atoms with Gasteiger partial charge in [-0.3, -0.25) is 4.90 Å². The van der Waals surface area contributed by atoms with Crippen molar-refractivity contribution in [1.82, 2.24) is 10.2 Å². The third-order valence-electron chi connectivity index (χ3n) is 4.83. The van der Waals surface area contributed by atoms with Gasteiger partial charge in [0.15, 0.2) is 0 Å². The predicted molar refractivity (Wildman–Crippen MR) is 85.1 cm³/mol. The highest BCUT2D eigenvalue weighted by atomic mass is 16.5. The van der Waals surface area contributed by atoms with E-state index in [1.165, 1.54) is 51.7 Å².